The van der Waals surface area contributed by atoms with Crippen molar-refractivity contribution in [3.05, 3.63) is 48.0 Å². The molecule has 1 fully saturated rings. The molecule has 0 spiro atoms. The predicted octanol–water partition coefficient (Wildman–Crippen LogP) is 5.00. The van der Waals surface area contributed by atoms with Crippen LogP contribution in [0.15, 0.2) is 42.5 Å². The van der Waals surface area contributed by atoms with Crippen LogP contribution in [0.4, 0.5) is 16.2 Å². The normalized spacial score (nSPS) is 20.7. The molecular formula is C32H46N4O5. The van der Waals surface area contributed by atoms with Gasteiger partial charge in [0.15, 0.2) is 0 Å². The molecule has 3 atom stereocenters. The molecule has 1 heterocycles. The Balaban J connectivity index is 1.52. The highest BCUT2D eigenvalue weighted by Gasteiger charge is 2.31. The van der Waals surface area contributed by atoms with E-state index >= 15 is 0 Å². The van der Waals surface area contributed by atoms with Crippen LogP contribution in [-0.4, -0.2) is 79.4 Å². The summed E-state index contributed by atoms with van der Waals surface area (Å²) < 4.78 is 11.8. The molecule has 3 amide bonds. The number of rotatable bonds is 9. The molecule has 1 saturated carbocycles. The molecule has 1 aliphatic carbocycles. The SMILES string of the molecule is COc1ccc(NC(=O)Nc2ccc3c(c2)CC(=O)N([C@@H](C)CO)C[C@H](C)[C@@H](CN(C)CC2CCCCC2)O3)cc1. The number of fused-ring (bicyclic) bond motifs is 1. The van der Waals surface area contributed by atoms with Crippen LogP contribution in [-0.2, 0) is 11.2 Å². The fourth-order valence-corrected chi connectivity index (χ4v) is 5.89. The van der Waals surface area contributed by atoms with Gasteiger partial charge in [0.05, 0.1) is 26.2 Å². The van der Waals surface area contributed by atoms with Crippen molar-refractivity contribution < 1.29 is 24.2 Å². The second kappa shape index (κ2) is 14.5. The molecular weight excluding hydrogens is 520 g/mol. The van der Waals surface area contributed by atoms with Gasteiger partial charge in [0.2, 0.25) is 5.91 Å². The van der Waals surface area contributed by atoms with Crippen LogP contribution < -0.4 is 20.1 Å². The second-order valence-corrected chi connectivity index (χ2v) is 11.7. The molecule has 224 valence electrons. The lowest BCUT2D eigenvalue weighted by Crippen LogP contribution is -2.48. The number of aliphatic hydroxyl groups is 1. The number of nitrogens with one attached hydrogen (secondary N) is 2. The van der Waals surface area contributed by atoms with E-state index < -0.39 is 6.03 Å². The standard InChI is InChI=1S/C32H46N4O5/c1-22-18-36(23(2)21-37)31(38)17-25-16-27(34-32(39)33-26-10-13-28(40-4)14-11-26)12-15-29(25)41-30(22)20-35(3)19-24-8-6-5-7-9-24/h10-16,22-24,30,37H,5-9,17-21H2,1-4H3,(H2,33,34,39)/t22-,23-,30+/m0/s1. The molecule has 0 saturated heterocycles. The third-order valence-electron chi connectivity index (χ3n) is 8.31. The number of carbonyl (C=O) groups is 2. The lowest BCUT2D eigenvalue weighted by Gasteiger charge is -2.35. The van der Waals surface area contributed by atoms with Crippen molar-refractivity contribution in [1.29, 1.82) is 0 Å². The lowest BCUT2D eigenvalue weighted by molar-refractivity contribution is -0.134. The van der Waals surface area contributed by atoms with Gasteiger partial charge in [0, 0.05) is 42.5 Å². The molecule has 2 aromatic carbocycles. The number of urea groups is 1. The van der Waals surface area contributed by atoms with Crippen LogP contribution in [0.2, 0.25) is 0 Å². The Labute approximate surface area is 244 Å². The minimum absolute atomic E-state index is 0.0563. The quantitative estimate of drug-likeness (QED) is 0.395. The molecule has 4 rings (SSSR count). The van der Waals surface area contributed by atoms with Gasteiger partial charge < -0.3 is 35.0 Å². The number of benzene rings is 2. The smallest absolute Gasteiger partial charge is 0.323 e. The number of methoxy groups -OCH3 is 1. The van der Waals surface area contributed by atoms with E-state index in [-0.39, 0.29) is 37.0 Å². The van der Waals surface area contributed by atoms with Gasteiger partial charge in [0.1, 0.15) is 17.6 Å². The van der Waals surface area contributed by atoms with E-state index in [1.165, 1.54) is 32.1 Å². The summed E-state index contributed by atoms with van der Waals surface area (Å²) in [6.45, 7) is 6.18. The molecule has 0 unspecified atom stereocenters. The molecule has 0 aromatic heterocycles. The average Bonchev–Trinajstić information content (AvgIpc) is 3.01. The van der Waals surface area contributed by atoms with Crippen molar-refractivity contribution in [3.8, 4) is 11.5 Å². The summed E-state index contributed by atoms with van der Waals surface area (Å²) in [4.78, 5) is 30.3. The van der Waals surface area contributed by atoms with E-state index in [0.29, 0.717) is 35.0 Å². The van der Waals surface area contributed by atoms with Crippen LogP contribution in [0.1, 0.15) is 51.5 Å². The molecule has 41 heavy (non-hydrogen) atoms. The van der Waals surface area contributed by atoms with Gasteiger partial charge in [-0.2, -0.15) is 0 Å². The summed E-state index contributed by atoms with van der Waals surface area (Å²) >= 11 is 0. The van der Waals surface area contributed by atoms with E-state index in [4.69, 9.17) is 9.47 Å². The molecule has 9 nitrogen and oxygen atoms in total. The number of hydrogen-bond donors (Lipinski definition) is 3. The zero-order valence-electron chi connectivity index (χ0n) is 24.9. The first-order valence-corrected chi connectivity index (χ1v) is 14.9. The van der Waals surface area contributed by atoms with E-state index in [1.807, 2.05) is 13.0 Å². The maximum atomic E-state index is 13.5. The molecule has 2 aromatic rings. The molecule has 9 heteroatoms. The van der Waals surface area contributed by atoms with E-state index in [9.17, 15) is 14.7 Å². The number of aliphatic hydroxyl groups excluding tert-OH is 1. The van der Waals surface area contributed by atoms with Crippen LogP contribution in [0.25, 0.3) is 0 Å². The van der Waals surface area contributed by atoms with E-state index in [0.717, 1.165) is 19.0 Å². The van der Waals surface area contributed by atoms with Gasteiger partial charge in [-0.25, -0.2) is 4.79 Å². The lowest BCUT2D eigenvalue weighted by atomic mass is 9.89. The summed E-state index contributed by atoms with van der Waals surface area (Å²) in [6, 6.07) is 11.8. The molecule has 1 aliphatic heterocycles. The number of amides is 3. The fourth-order valence-electron chi connectivity index (χ4n) is 5.89. The number of carbonyl (C=O) groups excluding carboxylic acids is 2. The topological polar surface area (TPSA) is 103 Å². The van der Waals surface area contributed by atoms with Crippen molar-refractivity contribution in [2.45, 2.75) is 64.5 Å². The van der Waals surface area contributed by atoms with Crippen LogP contribution in [0.3, 0.4) is 0 Å². The Morgan fingerprint density at radius 2 is 1.78 bits per heavy atom. The van der Waals surface area contributed by atoms with E-state index in [1.54, 1.807) is 48.4 Å². The molecule has 2 aliphatic rings. The van der Waals surface area contributed by atoms with Crippen molar-refractivity contribution in [2.24, 2.45) is 11.8 Å². The largest absolute Gasteiger partial charge is 0.497 e. The number of likely N-dealkylation sites (N-methyl/N-ethyl adjacent to an activating group) is 1. The summed E-state index contributed by atoms with van der Waals surface area (Å²) in [5.41, 5.74) is 1.90. The van der Waals surface area contributed by atoms with Gasteiger partial charge in [-0.1, -0.05) is 26.2 Å². The highest BCUT2D eigenvalue weighted by molar-refractivity contribution is 6.00. The van der Waals surface area contributed by atoms with Gasteiger partial charge in [-0.15, -0.1) is 0 Å². The average molecular weight is 567 g/mol. The van der Waals surface area contributed by atoms with Crippen molar-refractivity contribution in [3.63, 3.8) is 0 Å². The molecule has 0 bridgehead atoms. The minimum atomic E-state index is -0.392. The van der Waals surface area contributed by atoms with Gasteiger partial charge in [-0.05, 0) is 75.2 Å². The Morgan fingerprint density at radius 3 is 2.46 bits per heavy atom. The summed E-state index contributed by atoms with van der Waals surface area (Å²) in [5.74, 6) is 2.06. The number of hydrogen-bond acceptors (Lipinski definition) is 6. The third-order valence-corrected chi connectivity index (χ3v) is 8.31. The number of nitrogens with zero attached hydrogens (tertiary/aromatic N) is 2. The highest BCUT2D eigenvalue weighted by atomic mass is 16.5. The Bertz CT molecular complexity index is 1150. The van der Waals surface area contributed by atoms with E-state index in [2.05, 4.69) is 29.5 Å². The number of ether oxygens (including phenoxy) is 2. The second-order valence-electron chi connectivity index (χ2n) is 11.7. The molecule has 3 N–H and O–H groups in total. The van der Waals surface area contributed by atoms with Crippen molar-refractivity contribution in [1.82, 2.24) is 9.80 Å². The van der Waals surface area contributed by atoms with Gasteiger partial charge in [0.25, 0.3) is 0 Å². The van der Waals surface area contributed by atoms with Crippen LogP contribution in [0.5, 0.6) is 11.5 Å². The van der Waals surface area contributed by atoms with Crippen LogP contribution in [0, 0.1) is 11.8 Å². The predicted molar refractivity (Wildman–Crippen MR) is 162 cm³/mol. The summed E-state index contributed by atoms with van der Waals surface area (Å²) in [7, 11) is 3.75. The third kappa shape index (κ3) is 8.60. The summed E-state index contributed by atoms with van der Waals surface area (Å²) in [6.07, 6.45) is 6.51. The zero-order chi connectivity index (χ0) is 29.4. The Morgan fingerprint density at radius 1 is 1.10 bits per heavy atom. The fraction of sp³-hybridized carbons (Fsp3) is 0.562. The van der Waals surface area contributed by atoms with Crippen LogP contribution >= 0.6 is 0 Å². The van der Waals surface area contributed by atoms with Crippen molar-refractivity contribution in [2.75, 3.05) is 51.0 Å². The minimum Gasteiger partial charge on any atom is -0.497 e. The zero-order valence-corrected chi connectivity index (χ0v) is 24.9. The van der Waals surface area contributed by atoms with Gasteiger partial charge in [-0.3, -0.25) is 4.79 Å². The Hall–Kier alpha value is -3.30. The first-order valence-electron chi connectivity index (χ1n) is 14.9. The Kier molecular flexibility index (Phi) is 10.9. The first kappa shape index (κ1) is 30.7. The monoisotopic (exact) mass is 566 g/mol. The van der Waals surface area contributed by atoms with Gasteiger partial charge >= 0.3 is 6.03 Å². The molecule has 0 radical (unpaired) electrons. The van der Waals surface area contributed by atoms with Crippen molar-refractivity contribution >= 4 is 23.3 Å². The number of anilines is 2. The summed E-state index contributed by atoms with van der Waals surface area (Å²) in [5, 5.41) is 15.6. The maximum Gasteiger partial charge on any atom is 0.323 e. The maximum absolute atomic E-state index is 13.5. The highest BCUT2D eigenvalue weighted by Crippen LogP contribution is 2.30. The first-order chi connectivity index (χ1) is 19.7.